The van der Waals surface area contributed by atoms with Crippen LogP contribution < -0.4 is 10.1 Å². The molecule has 0 aliphatic carbocycles. The minimum absolute atomic E-state index is 0.654. The molecule has 1 saturated heterocycles. The number of benzene rings is 1. The summed E-state index contributed by atoms with van der Waals surface area (Å²) >= 11 is 3.44. The van der Waals surface area contributed by atoms with Gasteiger partial charge >= 0.3 is 0 Å². The fourth-order valence-corrected chi connectivity index (χ4v) is 2.42. The lowest BCUT2D eigenvalue weighted by Crippen LogP contribution is -2.35. The molecule has 0 unspecified atom stereocenters. The van der Waals surface area contributed by atoms with Crippen LogP contribution in [-0.4, -0.2) is 19.2 Å². The van der Waals surface area contributed by atoms with Crippen molar-refractivity contribution >= 4 is 15.9 Å². The largest absolute Gasteiger partial charge is 0.493 e. The van der Waals surface area contributed by atoms with Gasteiger partial charge in [-0.25, -0.2) is 0 Å². The number of rotatable bonds is 4. The standard InChI is InChI=1S/C13H18BrNO/c14-11-4-3-6-13(10-11)16-9-7-12-5-1-2-8-15-12/h3-4,6,10,12,15H,1-2,5,7-9H2/t12-/m1/s1. The molecular weight excluding hydrogens is 266 g/mol. The Labute approximate surface area is 106 Å². The first-order chi connectivity index (χ1) is 7.84. The van der Waals surface area contributed by atoms with E-state index in [0.29, 0.717) is 6.04 Å². The van der Waals surface area contributed by atoms with E-state index in [1.54, 1.807) is 0 Å². The highest BCUT2D eigenvalue weighted by Gasteiger charge is 2.11. The van der Waals surface area contributed by atoms with Gasteiger partial charge in [0, 0.05) is 10.5 Å². The van der Waals surface area contributed by atoms with Crippen LogP contribution in [0.3, 0.4) is 0 Å². The van der Waals surface area contributed by atoms with Gasteiger partial charge in [-0.15, -0.1) is 0 Å². The highest BCUT2D eigenvalue weighted by atomic mass is 79.9. The first-order valence-corrected chi connectivity index (χ1v) is 6.75. The molecule has 2 nitrogen and oxygen atoms in total. The van der Waals surface area contributed by atoms with Crippen LogP contribution in [0.4, 0.5) is 0 Å². The molecule has 0 saturated carbocycles. The molecule has 16 heavy (non-hydrogen) atoms. The maximum absolute atomic E-state index is 5.72. The Morgan fingerprint density at radius 1 is 1.38 bits per heavy atom. The lowest BCUT2D eigenvalue weighted by Gasteiger charge is -2.23. The van der Waals surface area contributed by atoms with Gasteiger partial charge in [-0.1, -0.05) is 28.4 Å². The minimum atomic E-state index is 0.654. The highest BCUT2D eigenvalue weighted by molar-refractivity contribution is 9.10. The third kappa shape index (κ3) is 3.80. The Hall–Kier alpha value is -0.540. The van der Waals surface area contributed by atoms with Crippen molar-refractivity contribution in [3.05, 3.63) is 28.7 Å². The van der Waals surface area contributed by atoms with Crippen LogP contribution >= 0.6 is 15.9 Å². The van der Waals surface area contributed by atoms with Crippen LogP contribution in [0.1, 0.15) is 25.7 Å². The second-order valence-electron chi connectivity index (χ2n) is 4.24. The summed E-state index contributed by atoms with van der Waals surface area (Å²) in [5.41, 5.74) is 0. The summed E-state index contributed by atoms with van der Waals surface area (Å²) in [6.45, 7) is 1.97. The molecule has 1 N–H and O–H groups in total. The van der Waals surface area contributed by atoms with E-state index in [1.165, 1.54) is 25.8 Å². The number of nitrogens with one attached hydrogen (secondary N) is 1. The van der Waals surface area contributed by atoms with E-state index in [1.807, 2.05) is 24.3 Å². The zero-order valence-corrected chi connectivity index (χ0v) is 11.0. The second kappa shape index (κ2) is 6.26. The normalized spacial score (nSPS) is 20.7. The van der Waals surface area contributed by atoms with E-state index in [9.17, 15) is 0 Å². The molecule has 0 radical (unpaired) electrons. The van der Waals surface area contributed by atoms with Gasteiger partial charge in [0.05, 0.1) is 6.61 Å². The van der Waals surface area contributed by atoms with Crippen molar-refractivity contribution in [1.82, 2.24) is 5.32 Å². The van der Waals surface area contributed by atoms with Crippen LogP contribution in [-0.2, 0) is 0 Å². The Morgan fingerprint density at radius 3 is 3.06 bits per heavy atom. The smallest absolute Gasteiger partial charge is 0.120 e. The lowest BCUT2D eigenvalue weighted by molar-refractivity contribution is 0.268. The first kappa shape index (κ1) is 11.9. The van der Waals surface area contributed by atoms with Gasteiger partial charge in [0.2, 0.25) is 0 Å². The van der Waals surface area contributed by atoms with Gasteiger partial charge in [-0.05, 0) is 44.0 Å². The number of hydrogen-bond donors (Lipinski definition) is 1. The second-order valence-corrected chi connectivity index (χ2v) is 5.16. The van der Waals surface area contributed by atoms with Crippen LogP contribution in [0.2, 0.25) is 0 Å². The molecule has 1 aliphatic rings. The van der Waals surface area contributed by atoms with Crippen LogP contribution in [0.25, 0.3) is 0 Å². The molecule has 3 heteroatoms. The number of ether oxygens (including phenoxy) is 1. The summed E-state index contributed by atoms with van der Waals surface area (Å²) in [6.07, 6.45) is 5.08. The molecule has 0 spiro atoms. The molecule has 1 aliphatic heterocycles. The Morgan fingerprint density at radius 2 is 2.31 bits per heavy atom. The van der Waals surface area contributed by atoms with Gasteiger partial charge in [-0.3, -0.25) is 0 Å². The van der Waals surface area contributed by atoms with Gasteiger partial charge < -0.3 is 10.1 Å². The monoisotopic (exact) mass is 283 g/mol. The maximum atomic E-state index is 5.72. The topological polar surface area (TPSA) is 21.3 Å². The number of piperidine rings is 1. The molecule has 1 fully saturated rings. The van der Waals surface area contributed by atoms with Crippen LogP contribution in [0.5, 0.6) is 5.75 Å². The Balaban J connectivity index is 1.71. The van der Waals surface area contributed by atoms with Crippen molar-refractivity contribution in [2.75, 3.05) is 13.2 Å². The molecule has 1 heterocycles. The highest BCUT2D eigenvalue weighted by Crippen LogP contribution is 2.18. The zero-order valence-electron chi connectivity index (χ0n) is 9.42. The number of halogens is 1. The summed E-state index contributed by atoms with van der Waals surface area (Å²) in [6, 6.07) is 8.67. The molecule has 0 amide bonds. The van der Waals surface area contributed by atoms with E-state index in [0.717, 1.165) is 23.2 Å². The summed E-state index contributed by atoms with van der Waals surface area (Å²) in [5, 5.41) is 3.53. The molecule has 2 rings (SSSR count). The predicted octanol–water partition coefficient (Wildman–Crippen LogP) is 3.36. The Bertz CT molecular complexity index is 323. The number of hydrogen-bond acceptors (Lipinski definition) is 2. The van der Waals surface area contributed by atoms with Crippen molar-refractivity contribution in [2.45, 2.75) is 31.7 Å². The van der Waals surface area contributed by atoms with E-state index >= 15 is 0 Å². The van der Waals surface area contributed by atoms with Gasteiger partial charge in [0.25, 0.3) is 0 Å². The third-order valence-electron chi connectivity index (χ3n) is 2.94. The SMILES string of the molecule is Brc1cccc(OCC[C@H]2CCCCN2)c1. The third-order valence-corrected chi connectivity index (χ3v) is 3.44. The average Bonchev–Trinajstić information content (AvgIpc) is 2.30. The molecule has 0 aromatic heterocycles. The molecule has 88 valence electrons. The van der Waals surface area contributed by atoms with E-state index in [4.69, 9.17) is 4.74 Å². The van der Waals surface area contributed by atoms with Crippen molar-refractivity contribution in [3.63, 3.8) is 0 Å². The van der Waals surface area contributed by atoms with Crippen molar-refractivity contribution in [2.24, 2.45) is 0 Å². The quantitative estimate of drug-likeness (QED) is 0.915. The van der Waals surface area contributed by atoms with Crippen molar-refractivity contribution < 1.29 is 4.74 Å². The van der Waals surface area contributed by atoms with E-state index < -0.39 is 0 Å². The summed E-state index contributed by atoms with van der Waals surface area (Å²) in [7, 11) is 0. The van der Waals surface area contributed by atoms with Crippen molar-refractivity contribution in [1.29, 1.82) is 0 Å². The Kier molecular flexibility index (Phi) is 4.67. The van der Waals surface area contributed by atoms with Crippen LogP contribution in [0, 0.1) is 0 Å². The fourth-order valence-electron chi connectivity index (χ4n) is 2.05. The van der Waals surface area contributed by atoms with Gasteiger partial charge in [-0.2, -0.15) is 0 Å². The summed E-state index contributed by atoms with van der Waals surface area (Å²) in [4.78, 5) is 0. The average molecular weight is 284 g/mol. The molecule has 1 atom stereocenters. The van der Waals surface area contributed by atoms with Gasteiger partial charge in [0.1, 0.15) is 5.75 Å². The fraction of sp³-hybridized carbons (Fsp3) is 0.538. The van der Waals surface area contributed by atoms with E-state index in [-0.39, 0.29) is 0 Å². The zero-order chi connectivity index (χ0) is 11.2. The molecule has 1 aromatic rings. The minimum Gasteiger partial charge on any atom is -0.493 e. The van der Waals surface area contributed by atoms with Crippen LogP contribution in [0.15, 0.2) is 28.7 Å². The molecule has 1 aromatic carbocycles. The predicted molar refractivity (Wildman–Crippen MR) is 69.9 cm³/mol. The molecule has 0 bridgehead atoms. The maximum Gasteiger partial charge on any atom is 0.120 e. The van der Waals surface area contributed by atoms with Gasteiger partial charge in [0.15, 0.2) is 0 Å². The summed E-state index contributed by atoms with van der Waals surface area (Å²) in [5.74, 6) is 0.949. The summed E-state index contributed by atoms with van der Waals surface area (Å²) < 4.78 is 6.79. The molecular formula is C13H18BrNO. The first-order valence-electron chi connectivity index (χ1n) is 5.96. The lowest BCUT2D eigenvalue weighted by atomic mass is 10.0. The van der Waals surface area contributed by atoms with Crippen molar-refractivity contribution in [3.8, 4) is 5.75 Å². The van der Waals surface area contributed by atoms with E-state index in [2.05, 4.69) is 21.2 Å².